The van der Waals surface area contributed by atoms with Gasteiger partial charge in [0.15, 0.2) is 0 Å². The van der Waals surface area contributed by atoms with E-state index in [2.05, 4.69) is 5.32 Å². The van der Waals surface area contributed by atoms with Gasteiger partial charge in [-0.05, 0) is 40.2 Å². The summed E-state index contributed by atoms with van der Waals surface area (Å²) in [6.45, 7) is 6.77. The van der Waals surface area contributed by atoms with E-state index < -0.39 is 17.7 Å². The van der Waals surface area contributed by atoms with Crippen LogP contribution in [-0.4, -0.2) is 53.3 Å². The Morgan fingerprint density at radius 1 is 1.44 bits per heavy atom. The number of carbonyl (C=O) groups excluding carboxylic acids is 1. The molecule has 104 valence electrons. The normalized spacial score (nSPS) is 21.4. The molecule has 1 fully saturated rings. The van der Waals surface area contributed by atoms with E-state index in [-0.39, 0.29) is 12.6 Å². The van der Waals surface area contributed by atoms with Crippen molar-refractivity contribution < 1.29 is 19.4 Å². The Balaban J connectivity index is 2.38. The predicted molar refractivity (Wildman–Crippen MR) is 66.5 cm³/mol. The number of carbonyl (C=O) groups is 2. The molecule has 0 saturated carbocycles. The van der Waals surface area contributed by atoms with Gasteiger partial charge >= 0.3 is 12.1 Å². The Morgan fingerprint density at radius 3 is 2.67 bits per heavy atom. The molecule has 6 nitrogen and oxygen atoms in total. The van der Waals surface area contributed by atoms with Gasteiger partial charge in [-0.3, -0.25) is 9.69 Å². The number of nitrogens with one attached hydrogen (secondary N) is 1. The minimum atomic E-state index is -0.840. The molecule has 0 aromatic rings. The number of piperidine rings is 1. The third kappa shape index (κ3) is 5.86. The number of hydrogen-bond donors (Lipinski definition) is 2. The second-order valence-electron chi connectivity index (χ2n) is 5.61. The molecule has 0 bridgehead atoms. The highest BCUT2D eigenvalue weighted by atomic mass is 16.6. The largest absolute Gasteiger partial charge is 0.480 e. The van der Waals surface area contributed by atoms with Crippen molar-refractivity contribution in [3.05, 3.63) is 0 Å². The van der Waals surface area contributed by atoms with Crippen LogP contribution in [0.2, 0.25) is 0 Å². The summed E-state index contributed by atoms with van der Waals surface area (Å²) >= 11 is 0. The maximum absolute atomic E-state index is 11.6. The highest BCUT2D eigenvalue weighted by molar-refractivity contribution is 5.69. The number of amides is 1. The summed E-state index contributed by atoms with van der Waals surface area (Å²) in [4.78, 5) is 24.0. The first-order valence-corrected chi connectivity index (χ1v) is 6.20. The van der Waals surface area contributed by atoms with Crippen LogP contribution >= 0.6 is 0 Å². The zero-order chi connectivity index (χ0) is 13.8. The molecule has 6 heteroatoms. The fourth-order valence-corrected chi connectivity index (χ4v) is 1.98. The molecule has 2 N–H and O–H groups in total. The molecule has 1 atom stereocenters. The maximum Gasteiger partial charge on any atom is 0.407 e. The molecule has 1 saturated heterocycles. The summed E-state index contributed by atoms with van der Waals surface area (Å²) in [5.41, 5.74) is -0.514. The molecule has 1 rings (SSSR count). The smallest absolute Gasteiger partial charge is 0.407 e. The van der Waals surface area contributed by atoms with E-state index in [1.165, 1.54) is 0 Å². The summed E-state index contributed by atoms with van der Waals surface area (Å²) in [7, 11) is 0. The van der Waals surface area contributed by atoms with Crippen LogP contribution in [0.15, 0.2) is 0 Å². The molecule has 1 heterocycles. The number of rotatable bonds is 3. The molecule has 1 aliphatic heterocycles. The topological polar surface area (TPSA) is 78.9 Å². The molecule has 18 heavy (non-hydrogen) atoms. The first-order chi connectivity index (χ1) is 8.26. The van der Waals surface area contributed by atoms with Crippen LogP contribution < -0.4 is 5.32 Å². The van der Waals surface area contributed by atoms with E-state index in [9.17, 15) is 9.59 Å². The second kappa shape index (κ2) is 6.04. The minimum Gasteiger partial charge on any atom is -0.480 e. The number of hydrogen-bond acceptors (Lipinski definition) is 4. The number of nitrogens with zero attached hydrogens (tertiary/aromatic N) is 1. The minimum absolute atomic E-state index is 0.0203. The van der Waals surface area contributed by atoms with Gasteiger partial charge in [-0.25, -0.2) is 4.79 Å². The SMILES string of the molecule is CC(C)(C)OC(=O)N[C@@H]1CCCN(CC(=O)O)C1. The fraction of sp³-hybridized carbons (Fsp3) is 0.833. The molecule has 0 aliphatic carbocycles. The van der Waals surface area contributed by atoms with Crippen molar-refractivity contribution in [2.24, 2.45) is 0 Å². The Bertz CT molecular complexity index is 312. The monoisotopic (exact) mass is 258 g/mol. The van der Waals surface area contributed by atoms with Gasteiger partial charge in [-0.1, -0.05) is 0 Å². The third-order valence-electron chi connectivity index (χ3n) is 2.59. The first kappa shape index (κ1) is 14.8. The van der Waals surface area contributed by atoms with Gasteiger partial charge < -0.3 is 15.2 Å². The number of ether oxygens (including phenoxy) is 1. The van der Waals surface area contributed by atoms with Gasteiger partial charge in [0.25, 0.3) is 0 Å². The summed E-state index contributed by atoms with van der Waals surface area (Å²) in [5, 5.41) is 11.5. The molecule has 0 spiro atoms. The molecular formula is C12H22N2O4. The molecule has 1 amide bonds. The number of carboxylic acids is 1. The summed E-state index contributed by atoms with van der Waals surface area (Å²) in [6.07, 6.45) is 1.30. The fourth-order valence-electron chi connectivity index (χ4n) is 1.98. The summed E-state index contributed by atoms with van der Waals surface area (Å²) < 4.78 is 5.17. The van der Waals surface area contributed by atoms with Gasteiger partial charge in [0, 0.05) is 12.6 Å². The van der Waals surface area contributed by atoms with Crippen molar-refractivity contribution in [3.63, 3.8) is 0 Å². The third-order valence-corrected chi connectivity index (χ3v) is 2.59. The van der Waals surface area contributed by atoms with E-state index in [0.29, 0.717) is 6.54 Å². The number of carboxylic acid groups (broad SMARTS) is 1. The Morgan fingerprint density at radius 2 is 2.11 bits per heavy atom. The first-order valence-electron chi connectivity index (χ1n) is 6.20. The quantitative estimate of drug-likeness (QED) is 0.791. The van der Waals surface area contributed by atoms with Crippen LogP contribution in [0.5, 0.6) is 0 Å². The van der Waals surface area contributed by atoms with Gasteiger partial charge in [0.1, 0.15) is 5.60 Å². The van der Waals surface area contributed by atoms with Crippen molar-refractivity contribution in [1.82, 2.24) is 10.2 Å². The second-order valence-corrected chi connectivity index (χ2v) is 5.61. The zero-order valence-electron chi connectivity index (χ0n) is 11.2. The highest BCUT2D eigenvalue weighted by Crippen LogP contribution is 2.11. The number of aliphatic carboxylic acids is 1. The zero-order valence-corrected chi connectivity index (χ0v) is 11.2. The average molecular weight is 258 g/mol. The van der Waals surface area contributed by atoms with Gasteiger partial charge in [0.2, 0.25) is 0 Å². The lowest BCUT2D eigenvalue weighted by Crippen LogP contribution is -2.49. The van der Waals surface area contributed by atoms with Crippen LogP contribution in [-0.2, 0) is 9.53 Å². The highest BCUT2D eigenvalue weighted by Gasteiger charge is 2.24. The van der Waals surface area contributed by atoms with E-state index in [1.807, 2.05) is 25.7 Å². The van der Waals surface area contributed by atoms with Gasteiger partial charge in [-0.2, -0.15) is 0 Å². The van der Waals surface area contributed by atoms with Gasteiger partial charge in [-0.15, -0.1) is 0 Å². The molecule has 0 aromatic heterocycles. The lowest BCUT2D eigenvalue weighted by atomic mass is 10.1. The van der Waals surface area contributed by atoms with Crippen LogP contribution in [0, 0.1) is 0 Å². The van der Waals surface area contributed by atoms with Crippen molar-refractivity contribution in [2.45, 2.75) is 45.3 Å². The Hall–Kier alpha value is -1.30. The van der Waals surface area contributed by atoms with Crippen LogP contribution in [0.1, 0.15) is 33.6 Å². The van der Waals surface area contributed by atoms with Crippen LogP contribution in [0.25, 0.3) is 0 Å². The Labute approximate surface area is 107 Å². The number of alkyl carbamates (subject to hydrolysis) is 1. The predicted octanol–water partition coefficient (Wildman–Crippen LogP) is 1.06. The maximum atomic E-state index is 11.6. The summed E-state index contributed by atoms with van der Waals surface area (Å²) in [6, 6.07) is -0.0343. The van der Waals surface area contributed by atoms with Crippen LogP contribution in [0.4, 0.5) is 4.79 Å². The van der Waals surface area contributed by atoms with E-state index in [4.69, 9.17) is 9.84 Å². The standard InChI is InChI=1S/C12H22N2O4/c1-12(2,3)18-11(17)13-9-5-4-6-14(7-9)8-10(15)16/h9H,4-8H2,1-3H3,(H,13,17)(H,15,16)/t9-/m1/s1. The van der Waals surface area contributed by atoms with E-state index in [0.717, 1.165) is 19.4 Å². The lowest BCUT2D eigenvalue weighted by Gasteiger charge is -2.32. The summed E-state index contributed by atoms with van der Waals surface area (Å²) in [5.74, 6) is -0.840. The molecule has 0 unspecified atom stereocenters. The molecule has 1 aliphatic rings. The van der Waals surface area contributed by atoms with E-state index in [1.54, 1.807) is 0 Å². The van der Waals surface area contributed by atoms with Crippen molar-refractivity contribution >= 4 is 12.1 Å². The van der Waals surface area contributed by atoms with Crippen LogP contribution in [0.3, 0.4) is 0 Å². The van der Waals surface area contributed by atoms with Crippen molar-refractivity contribution in [2.75, 3.05) is 19.6 Å². The van der Waals surface area contributed by atoms with Crippen molar-refractivity contribution in [3.8, 4) is 0 Å². The average Bonchev–Trinajstić information content (AvgIpc) is 2.13. The Kier molecular flexibility index (Phi) is 4.95. The number of likely N-dealkylation sites (tertiary alicyclic amines) is 1. The van der Waals surface area contributed by atoms with Gasteiger partial charge in [0.05, 0.1) is 6.54 Å². The van der Waals surface area contributed by atoms with Crippen molar-refractivity contribution in [1.29, 1.82) is 0 Å². The molecular weight excluding hydrogens is 236 g/mol. The lowest BCUT2D eigenvalue weighted by molar-refractivity contribution is -0.138. The van der Waals surface area contributed by atoms with E-state index >= 15 is 0 Å². The molecule has 0 radical (unpaired) electrons. The molecule has 0 aromatic carbocycles.